The van der Waals surface area contributed by atoms with E-state index in [0.29, 0.717) is 17.1 Å². The van der Waals surface area contributed by atoms with E-state index in [1.165, 1.54) is 7.05 Å². The van der Waals surface area contributed by atoms with Crippen molar-refractivity contribution in [1.82, 2.24) is 10.6 Å². The van der Waals surface area contributed by atoms with Crippen LogP contribution in [-0.4, -0.2) is 13.1 Å². The van der Waals surface area contributed by atoms with Crippen LogP contribution in [0.1, 0.15) is 11.1 Å². The van der Waals surface area contributed by atoms with Crippen LogP contribution in [0.5, 0.6) is 0 Å². The van der Waals surface area contributed by atoms with Crippen molar-refractivity contribution in [1.29, 1.82) is 5.26 Å². The third kappa shape index (κ3) is 3.15. The maximum Gasteiger partial charge on any atom is 0.314 e. The van der Waals surface area contributed by atoms with Crippen molar-refractivity contribution in [2.45, 2.75) is 6.54 Å². The van der Waals surface area contributed by atoms with E-state index in [1.807, 2.05) is 6.07 Å². The van der Waals surface area contributed by atoms with Crippen LogP contribution in [0.3, 0.4) is 0 Å². The maximum absolute atomic E-state index is 10.9. The highest BCUT2D eigenvalue weighted by Gasteiger charge is 2.04. The molecular weight excluding hydrogens is 214 g/mol. The highest BCUT2D eigenvalue weighted by Crippen LogP contribution is 2.15. The Morgan fingerprint density at radius 3 is 2.93 bits per heavy atom. The van der Waals surface area contributed by atoms with Gasteiger partial charge in [0, 0.05) is 18.6 Å². The van der Waals surface area contributed by atoms with Gasteiger partial charge in [0.05, 0.1) is 11.6 Å². The fourth-order valence-electron chi connectivity index (χ4n) is 1.07. The van der Waals surface area contributed by atoms with Gasteiger partial charge in [-0.15, -0.1) is 0 Å². The number of nitrogens with one attached hydrogen (secondary N) is 2. The number of rotatable bonds is 2. The second kappa shape index (κ2) is 5.23. The SMILES string of the molecule is CNC(=O)NCc1ccc(Cl)cc1C#N. The van der Waals surface area contributed by atoms with Crippen LogP contribution in [0.25, 0.3) is 0 Å². The summed E-state index contributed by atoms with van der Waals surface area (Å²) in [6, 6.07) is 6.71. The summed E-state index contributed by atoms with van der Waals surface area (Å²) in [4.78, 5) is 10.9. The van der Waals surface area contributed by atoms with Crippen LogP contribution in [0.2, 0.25) is 5.02 Å². The van der Waals surface area contributed by atoms with Crippen LogP contribution in [0.15, 0.2) is 18.2 Å². The Kier molecular flexibility index (Phi) is 3.95. The molecule has 0 saturated carbocycles. The number of carbonyl (C=O) groups is 1. The first-order valence-corrected chi connectivity index (χ1v) is 4.69. The predicted molar refractivity (Wildman–Crippen MR) is 57.5 cm³/mol. The van der Waals surface area contributed by atoms with Crippen LogP contribution in [0, 0.1) is 11.3 Å². The summed E-state index contributed by atoms with van der Waals surface area (Å²) in [6.45, 7) is 0.305. The van der Waals surface area contributed by atoms with E-state index in [4.69, 9.17) is 16.9 Å². The fraction of sp³-hybridized carbons (Fsp3) is 0.200. The minimum absolute atomic E-state index is 0.283. The number of hydrogen-bond acceptors (Lipinski definition) is 2. The van der Waals surface area contributed by atoms with Crippen LogP contribution >= 0.6 is 11.6 Å². The molecule has 78 valence electrons. The molecule has 0 unspecified atom stereocenters. The fourth-order valence-corrected chi connectivity index (χ4v) is 1.24. The lowest BCUT2D eigenvalue weighted by Crippen LogP contribution is -2.32. The Labute approximate surface area is 92.8 Å². The molecule has 0 aliphatic rings. The number of halogens is 1. The summed E-state index contributed by atoms with van der Waals surface area (Å²) < 4.78 is 0. The summed E-state index contributed by atoms with van der Waals surface area (Å²) in [5.74, 6) is 0. The van der Waals surface area contributed by atoms with Crippen LogP contribution in [0.4, 0.5) is 4.79 Å². The molecular formula is C10H10ClN3O. The van der Waals surface area contributed by atoms with Crippen LogP contribution < -0.4 is 10.6 Å². The number of benzene rings is 1. The van der Waals surface area contributed by atoms with E-state index in [2.05, 4.69) is 10.6 Å². The lowest BCUT2D eigenvalue weighted by atomic mass is 10.1. The average molecular weight is 224 g/mol. The molecule has 0 radical (unpaired) electrons. The van der Waals surface area contributed by atoms with Gasteiger partial charge in [-0.2, -0.15) is 5.26 Å². The molecule has 0 fully saturated rings. The molecule has 1 rings (SSSR count). The van der Waals surface area contributed by atoms with Gasteiger partial charge < -0.3 is 10.6 Å². The van der Waals surface area contributed by atoms with Crippen molar-refractivity contribution < 1.29 is 4.79 Å². The topological polar surface area (TPSA) is 64.9 Å². The third-order valence-electron chi connectivity index (χ3n) is 1.86. The Morgan fingerprint density at radius 1 is 1.60 bits per heavy atom. The molecule has 0 heterocycles. The molecule has 2 amide bonds. The standard InChI is InChI=1S/C10H10ClN3O/c1-13-10(15)14-6-7-2-3-9(11)4-8(7)5-12/h2-4H,6H2,1H3,(H2,13,14,15). The Balaban J connectivity index is 2.77. The maximum atomic E-state index is 10.9. The Morgan fingerprint density at radius 2 is 2.33 bits per heavy atom. The predicted octanol–water partition coefficient (Wildman–Crippen LogP) is 1.64. The Hall–Kier alpha value is -1.73. The van der Waals surface area contributed by atoms with Gasteiger partial charge in [-0.25, -0.2) is 4.79 Å². The van der Waals surface area contributed by atoms with Crippen molar-refractivity contribution in [2.75, 3.05) is 7.05 Å². The number of nitrogens with zero attached hydrogens (tertiary/aromatic N) is 1. The van der Waals surface area contributed by atoms with Gasteiger partial charge in [0.2, 0.25) is 0 Å². The van der Waals surface area contributed by atoms with Crippen molar-refractivity contribution in [3.05, 3.63) is 34.3 Å². The van der Waals surface area contributed by atoms with Gasteiger partial charge in [-0.3, -0.25) is 0 Å². The molecule has 4 nitrogen and oxygen atoms in total. The first-order chi connectivity index (χ1) is 7.17. The van der Waals surface area contributed by atoms with Gasteiger partial charge >= 0.3 is 6.03 Å². The van der Waals surface area contributed by atoms with Crippen molar-refractivity contribution in [2.24, 2.45) is 0 Å². The van der Waals surface area contributed by atoms with E-state index < -0.39 is 0 Å². The number of nitriles is 1. The number of carbonyl (C=O) groups excluding carboxylic acids is 1. The second-order valence-corrected chi connectivity index (χ2v) is 3.28. The molecule has 2 N–H and O–H groups in total. The van der Waals surface area contributed by atoms with Gasteiger partial charge in [-0.05, 0) is 17.7 Å². The first kappa shape index (κ1) is 11.3. The molecule has 0 saturated heterocycles. The molecule has 15 heavy (non-hydrogen) atoms. The zero-order valence-electron chi connectivity index (χ0n) is 8.17. The lowest BCUT2D eigenvalue weighted by molar-refractivity contribution is 0.242. The third-order valence-corrected chi connectivity index (χ3v) is 2.09. The van der Waals surface area contributed by atoms with Gasteiger partial charge in [0.15, 0.2) is 0 Å². The largest absolute Gasteiger partial charge is 0.341 e. The highest BCUT2D eigenvalue weighted by atomic mass is 35.5. The summed E-state index contributed by atoms with van der Waals surface area (Å²) >= 11 is 5.73. The van der Waals surface area contributed by atoms with Crippen molar-refractivity contribution in [3.63, 3.8) is 0 Å². The molecule has 0 aliphatic heterocycles. The zero-order valence-corrected chi connectivity index (χ0v) is 8.93. The highest BCUT2D eigenvalue weighted by molar-refractivity contribution is 6.30. The van der Waals surface area contributed by atoms with Gasteiger partial charge in [0.1, 0.15) is 0 Å². The minimum atomic E-state index is -0.283. The summed E-state index contributed by atoms with van der Waals surface area (Å²) in [5, 5.41) is 14.4. The first-order valence-electron chi connectivity index (χ1n) is 4.31. The average Bonchev–Trinajstić information content (AvgIpc) is 2.26. The Bertz CT molecular complexity index is 412. The van der Waals surface area contributed by atoms with E-state index in [0.717, 1.165) is 5.56 Å². The summed E-state index contributed by atoms with van der Waals surface area (Å²) in [5.41, 5.74) is 1.21. The normalized spacial score (nSPS) is 9.13. The minimum Gasteiger partial charge on any atom is -0.341 e. The van der Waals surface area contributed by atoms with E-state index in [-0.39, 0.29) is 6.03 Å². The molecule has 0 spiro atoms. The summed E-state index contributed by atoms with van der Waals surface area (Å²) in [7, 11) is 1.53. The van der Waals surface area contributed by atoms with Crippen molar-refractivity contribution in [3.8, 4) is 6.07 Å². The molecule has 1 aromatic carbocycles. The van der Waals surface area contributed by atoms with E-state index in [1.54, 1.807) is 18.2 Å². The monoisotopic (exact) mass is 223 g/mol. The second-order valence-electron chi connectivity index (χ2n) is 2.85. The quantitative estimate of drug-likeness (QED) is 0.801. The molecule has 5 heteroatoms. The van der Waals surface area contributed by atoms with Crippen molar-refractivity contribution >= 4 is 17.6 Å². The molecule has 0 bridgehead atoms. The number of urea groups is 1. The molecule has 0 aliphatic carbocycles. The number of amides is 2. The van der Waals surface area contributed by atoms with E-state index in [9.17, 15) is 4.79 Å². The molecule has 0 atom stereocenters. The van der Waals surface area contributed by atoms with Gasteiger partial charge in [0.25, 0.3) is 0 Å². The lowest BCUT2D eigenvalue weighted by Gasteiger charge is -2.06. The summed E-state index contributed by atoms with van der Waals surface area (Å²) in [6.07, 6.45) is 0. The van der Waals surface area contributed by atoms with Crippen LogP contribution in [-0.2, 0) is 6.54 Å². The smallest absolute Gasteiger partial charge is 0.314 e. The van der Waals surface area contributed by atoms with Gasteiger partial charge in [-0.1, -0.05) is 17.7 Å². The zero-order chi connectivity index (χ0) is 11.3. The number of hydrogen-bond donors (Lipinski definition) is 2. The van der Waals surface area contributed by atoms with E-state index >= 15 is 0 Å². The molecule has 0 aromatic heterocycles. The molecule has 1 aromatic rings.